The first kappa shape index (κ1) is 101. The van der Waals surface area contributed by atoms with Crippen LogP contribution in [0.2, 0.25) is 10.3 Å². The molecule has 0 bridgehead atoms. The molecule has 5 aliphatic heterocycles. The van der Waals surface area contributed by atoms with Crippen molar-refractivity contribution in [2.24, 2.45) is 54.7 Å². The number of aliphatic hydroxyl groups excluding tert-OH is 5. The summed E-state index contributed by atoms with van der Waals surface area (Å²) in [7, 11) is 1.57. The number of nitrogens with zero attached hydrogens (tertiary/aromatic N) is 18. The molecule has 9 atom stereocenters. The van der Waals surface area contributed by atoms with Crippen molar-refractivity contribution in [3.63, 3.8) is 0 Å². The molecule has 44 nitrogen and oxygen atoms in total. The predicted octanol–water partition coefficient (Wildman–Crippen LogP) is 6.99. The van der Waals surface area contributed by atoms with E-state index < -0.39 is 59.1 Å². The van der Waals surface area contributed by atoms with Gasteiger partial charge in [0.1, 0.15) is 133 Å². The zero-order valence-corrected chi connectivity index (χ0v) is 83.6. The molecular formula is C83H96Cl2N30O14S8. The highest BCUT2D eigenvalue weighted by molar-refractivity contribution is 7.99. The molecule has 0 radical (unpaired) electrons. The number of aliphatic hydroxyl groups is 5. The Labute approximate surface area is 823 Å². The molecule has 6 amide bonds. The highest BCUT2D eigenvalue weighted by atomic mass is 35.5. The van der Waals surface area contributed by atoms with E-state index >= 15 is 0 Å². The standard InChI is InChI=1S/C22H29N9O5S2.C22H24N6O3S2.C20H24N8O3S2.C19H19Cl2N7O3S2/c1-8(7-32)24-16(23)14-19(35)29-38-20(14)28-22-25-9(2)15(37-22)21(36)31-13(34)6-12-17(30(5)11(4)33)26-10(3)27-18(12)31;1-11(10-29)25-18(23)17-19(30)27-33-20(17)26-22-24-9-16(32-22)21(31)28-8-7-14-13-4-2-3-12(13)5-6-15(14)28;1-7(2)22-16(21)13-17(30)27-33-18(13)26-20-24-9(4)15(32-20)19(31)28-12(29)6-11-14(28)8(3)23-10(5)25-11;1-7(6-29)23-15(22)12-16(30)27-33-17(12)26-19-24-8(2)13(32-19)18(31)28-4-3-9-10(28)5-11(20)25-14(9)21/h8,13-14,20,32,34H,6-7H2,1-5H3,(H2,23,24)(H,25,28)(H,29,35);5-6,9,11,29H,2-4,7-8,10H2,1H3,(H2,23,25)(H,24,26)(H,27,30);7,12,29H,6H2,1-5H3,(H2,21,22)(H,24,26)(H,27,30);3-5,7,12,17,29H,6H2,1-2H3,(H2,22,23)(H,24,26)(H,27,30). The smallest absolute Gasteiger partial charge is 0.274 e. The highest BCUT2D eigenvalue weighted by Gasteiger charge is 2.45. The first-order valence-electron chi connectivity index (χ1n) is 42.4. The molecule has 54 heteroatoms. The van der Waals surface area contributed by atoms with Crippen molar-refractivity contribution in [2.45, 2.75) is 169 Å². The summed E-state index contributed by atoms with van der Waals surface area (Å²) in [6.45, 7) is 20.6. The van der Waals surface area contributed by atoms with Gasteiger partial charge in [0.25, 0.3) is 34.7 Å². The summed E-state index contributed by atoms with van der Waals surface area (Å²) in [5, 5.41) is 64.2. The Hall–Kier alpha value is -11.9. The molecule has 21 N–H and O–H groups in total. The van der Waals surface area contributed by atoms with Crippen LogP contribution in [-0.4, -0.2) is 229 Å². The molecule has 2 saturated heterocycles. The van der Waals surface area contributed by atoms with E-state index in [1.165, 1.54) is 60.6 Å². The number of aromatic amines is 2. The van der Waals surface area contributed by atoms with E-state index in [1.807, 2.05) is 18.7 Å². The number of amides is 6. The second-order valence-electron chi connectivity index (χ2n) is 32.4. The Morgan fingerprint density at radius 2 is 1.12 bits per heavy atom. The summed E-state index contributed by atoms with van der Waals surface area (Å²) < 4.78 is 12.1. The van der Waals surface area contributed by atoms with Gasteiger partial charge in [-0.3, -0.25) is 101 Å². The van der Waals surface area contributed by atoms with Gasteiger partial charge in [-0.2, -0.15) is 0 Å². The maximum Gasteiger partial charge on any atom is 0.274 e. The van der Waals surface area contributed by atoms with Gasteiger partial charge < -0.3 is 74.6 Å². The van der Waals surface area contributed by atoms with E-state index in [0.717, 1.165) is 106 Å². The van der Waals surface area contributed by atoms with Crippen LogP contribution in [-0.2, 0) is 46.5 Å². The number of rotatable bonds is 24. The van der Waals surface area contributed by atoms with E-state index in [4.69, 9.17) is 46.1 Å². The normalized spacial score (nSPS) is 18.5. The van der Waals surface area contributed by atoms with Crippen LogP contribution in [0.25, 0.3) is 10.9 Å². The molecule has 0 saturated carbocycles. The van der Waals surface area contributed by atoms with Crippen LogP contribution in [0.4, 0.5) is 53.5 Å². The number of aliphatic imine (C=N–C) groups is 4. The number of H-pyrrole nitrogens is 2. The summed E-state index contributed by atoms with van der Waals surface area (Å²) in [5.74, 6) is -1.81. The van der Waals surface area contributed by atoms with Gasteiger partial charge in [-0.05, 0) is 178 Å². The lowest BCUT2D eigenvalue weighted by Crippen LogP contribution is -2.39. The molecule has 11 aromatic rings. The number of nitrogens with two attached hydrogens (primary N) is 4. The molecule has 1 aliphatic carbocycles. The summed E-state index contributed by atoms with van der Waals surface area (Å²) in [4.78, 5) is 178. The number of hydrogen-bond donors (Lipinski definition) is 17. The van der Waals surface area contributed by atoms with Gasteiger partial charge in [-0.15, -0.1) is 0 Å². The third-order valence-corrected chi connectivity index (χ3v) is 30.1. The molecule has 0 spiro atoms. The van der Waals surface area contributed by atoms with Gasteiger partial charge in [0, 0.05) is 68.3 Å². The number of thiazole rings is 4. The molecule has 137 heavy (non-hydrogen) atoms. The van der Waals surface area contributed by atoms with Crippen molar-refractivity contribution in [1.29, 1.82) is 0 Å². The number of carbonyl (C=O) groups excluding carboxylic acids is 7. The summed E-state index contributed by atoms with van der Waals surface area (Å²) in [6, 6.07) is 6.11. The zero-order chi connectivity index (χ0) is 98.9. The van der Waals surface area contributed by atoms with Gasteiger partial charge in [0.05, 0.1) is 83.8 Å². The van der Waals surface area contributed by atoms with E-state index in [0.29, 0.717) is 120 Å². The number of carbonyl (C=O) groups is 7. The number of nitrogens with one attached hydrogen (secondary N) is 8. The molecule has 17 rings (SSSR count). The van der Waals surface area contributed by atoms with Gasteiger partial charge >= 0.3 is 0 Å². The Morgan fingerprint density at radius 1 is 0.591 bits per heavy atom. The molecule has 1 aromatic carbocycles. The summed E-state index contributed by atoms with van der Waals surface area (Å²) >= 11 is 21.1. The Kier molecular flexibility index (Phi) is 31.4. The van der Waals surface area contributed by atoms with Crippen LogP contribution in [0, 0.1) is 53.4 Å². The Bertz CT molecular complexity index is 6820. The summed E-state index contributed by atoms with van der Waals surface area (Å²) in [5.41, 5.74) is 33.3. The quantitative estimate of drug-likeness (QED) is 0.0125. The number of pyridine rings is 1. The van der Waals surface area contributed by atoms with Crippen LogP contribution in [0.5, 0.6) is 0 Å². The fourth-order valence-electron chi connectivity index (χ4n) is 15.5. The van der Waals surface area contributed by atoms with Crippen LogP contribution in [0.1, 0.15) is 160 Å². The van der Waals surface area contributed by atoms with Crippen LogP contribution in [0.15, 0.2) is 66.2 Å². The average Bonchev–Trinajstić information content (AvgIpc) is 1.61. The fourth-order valence-corrected chi connectivity index (χ4v) is 23.2. The van der Waals surface area contributed by atoms with Crippen molar-refractivity contribution in [1.82, 2.24) is 67.6 Å². The summed E-state index contributed by atoms with van der Waals surface area (Å²) in [6.07, 6.45) is 5.53. The van der Waals surface area contributed by atoms with Gasteiger partial charge in [0.15, 0.2) is 20.5 Å². The predicted molar refractivity (Wildman–Crippen MR) is 536 cm³/mol. The minimum atomic E-state index is -1.20. The van der Waals surface area contributed by atoms with Gasteiger partial charge in [0.2, 0.25) is 17.7 Å². The number of aromatic nitrogens is 12. The number of anilines is 10. The number of hydrogen-bond acceptors (Lipinski definition) is 39. The van der Waals surface area contributed by atoms with Gasteiger partial charge in [-0.1, -0.05) is 74.6 Å². The number of fused-ring (bicyclic) bond motifs is 6. The van der Waals surface area contributed by atoms with Crippen molar-refractivity contribution < 1.29 is 59.1 Å². The van der Waals surface area contributed by atoms with Gasteiger partial charge in [-0.25, -0.2) is 44.9 Å². The van der Waals surface area contributed by atoms with Crippen molar-refractivity contribution in [2.75, 3.05) is 74.3 Å². The second-order valence-corrected chi connectivity index (χ2v) is 40.7. The average molecular weight is 2070 g/mol. The highest BCUT2D eigenvalue weighted by Crippen LogP contribution is 2.44. The molecule has 2 fully saturated rings. The lowest BCUT2D eigenvalue weighted by molar-refractivity contribution is -0.121. The monoisotopic (exact) mass is 2060 g/mol. The van der Waals surface area contributed by atoms with Crippen LogP contribution >= 0.6 is 116 Å². The topological polar surface area (TPSA) is 646 Å². The maximum atomic E-state index is 13.6. The minimum absolute atomic E-state index is 0.0376. The second kappa shape index (κ2) is 42.6. The molecule has 6 aliphatic rings. The molecule has 9 unspecified atom stereocenters. The maximum absolute atomic E-state index is 13.6. The molecule has 15 heterocycles. The van der Waals surface area contributed by atoms with E-state index in [2.05, 4.69) is 116 Å². The third kappa shape index (κ3) is 21.7. The SMILES string of the molecule is CC(=O)N(C)c1nc(C)nc2c1CC(O)N2C(=O)c1sc(NC2SNC(=O)C2C(N)=NC(C)CO)nc1C.CC(CO)N=C(N)c1c(Nc2ncc(C(=O)N3CCc4c3ccc3c4CCC3)s2)s[nH]c1=O.Cc1nc(C)c2c(n1)CC(O)N2C(=O)c1sc(Nc2s[nH]c(=O)c2C(N)=NC(C)C)nc1C.Cc1nc(NC2SNC(=O)C2C(N)=NC(C)CO)sc1C(=O)n1ccc2c(Cl)nc(Cl)cc21. The third-order valence-electron chi connectivity index (χ3n) is 21.9. The van der Waals surface area contributed by atoms with E-state index in [9.17, 15) is 68.7 Å². The molecule has 724 valence electrons. The van der Waals surface area contributed by atoms with E-state index in [-0.39, 0.29) is 141 Å². The number of benzene rings is 1. The lowest BCUT2D eigenvalue weighted by Gasteiger charge is -2.21. The largest absolute Gasteiger partial charge is 0.394 e. The molecule has 10 aromatic heterocycles. The lowest BCUT2D eigenvalue weighted by atomic mass is 10.0. The van der Waals surface area contributed by atoms with Crippen molar-refractivity contribution in [3.05, 3.63) is 161 Å². The first-order valence-corrected chi connectivity index (χ1v) is 49.8. The fraction of sp³-hybridized carbons (Fsp3) is 0.398. The van der Waals surface area contributed by atoms with E-state index in [1.54, 1.807) is 93.9 Å². The zero-order valence-electron chi connectivity index (χ0n) is 75.6. The number of aryl methyl sites for hydroxylation is 7. The van der Waals surface area contributed by atoms with Crippen LogP contribution < -0.4 is 84.4 Å². The Morgan fingerprint density at radius 3 is 1.70 bits per heavy atom. The number of amidine groups is 4. The van der Waals surface area contributed by atoms with Crippen LogP contribution in [0.3, 0.4) is 0 Å². The number of halogens is 2. The minimum Gasteiger partial charge on any atom is -0.394 e. The van der Waals surface area contributed by atoms with Crippen molar-refractivity contribution in [3.8, 4) is 0 Å². The Balaban J connectivity index is 0.000000146. The van der Waals surface area contributed by atoms with Crippen molar-refractivity contribution >= 4 is 245 Å². The first-order chi connectivity index (χ1) is 65.1. The molecular weight excluding hydrogens is 1970 g/mol.